The highest BCUT2D eigenvalue weighted by molar-refractivity contribution is 5.53. The second kappa shape index (κ2) is 9.10. The van der Waals surface area contributed by atoms with Gasteiger partial charge in [-0.3, -0.25) is 10.1 Å². The molecule has 0 aliphatic rings. The van der Waals surface area contributed by atoms with Gasteiger partial charge >= 0.3 is 0 Å². The molecule has 0 unspecified atom stereocenters. The number of non-ortho nitro benzene ring substituents is 1. The Balaban J connectivity index is 1.65. The van der Waals surface area contributed by atoms with E-state index in [1.54, 1.807) is 19.2 Å². The Morgan fingerprint density at radius 2 is 1.66 bits per heavy atom. The Hall–Kier alpha value is -3.54. The van der Waals surface area contributed by atoms with Crippen molar-refractivity contribution in [2.24, 2.45) is 0 Å². The molecule has 6 nitrogen and oxygen atoms in total. The zero-order chi connectivity index (χ0) is 20.8. The molecule has 0 aromatic heterocycles. The van der Waals surface area contributed by atoms with Crippen molar-refractivity contribution in [3.8, 4) is 11.5 Å². The van der Waals surface area contributed by atoms with Crippen LogP contribution in [0.4, 0.5) is 11.4 Å². The molecular weight excluding hydrogens is 368 g/mol. The van der Waals surface area contributed by atoms with E-state index >= 15 is 0 Å². The second-order valence-electron chi connectivity index (χ2n) is 6.87. The third-order valence-corrected chi connectivity index (χ3v) is 4.65. The number of nitro groups is 1. The van der Waals surface area contributed by atoms with Crippen molar-refractivity contribution in [3.05, 3.63) is 93.0 Å². The predicted molar refractivity (Wildman–Crippen MR) is 114 cm³/mol. The number of nitrogens with one attached hydrogen (secondary N) is 1. The molecule has 0 amide bonds. The maximum Gasteiger partial charge on any atom is 0.269 e. The van der Waals surface area contributed by atoms with Gasteiger partial charge in [-0.25, -0.2) is 0 Å². The minimum atomic E-state index is -0.418. The second-order valence-corrected chi connectivity index (χ2v) is 6.87. The van der Waals surface area contributed by atoms with Crippen molar-refractivity contribution in [2.45, 2.75) is 27.0 Å². The average Bonchev–Trinajstić information content (AvgIpc) is 2.73. The highest BCUT2D eigenvalue weighted by Crippen LogP contribution is 2.29. The Bertz CT molecular complexity index is 1000. The number of benzene rings is 3. The topological polar surface area (TPSA) is 73.6 Å². The van der Waals surface area contributed by atoms with Crippen LogP contribution in [0.2, 0.25) is 0 Å². The van der Waals surface area contributed by atoms with Gasteiger partial charge in [0.25, 0.3) is 5.69 Å². The van der Waals surface area contributed by atoms with Crippen molar-refractivity contribution in [1.82, 2.24) is 0 Å². The fourth-order valence-corrected chi connectivity index (χ4v) is 2.94. The first-order valence-corrected chi connectivity index (χ1v) is 9.30. The molecule has 0 fully saturated rings. The lowest BCUT2D eigenvalue weighted by atomic mass is 10.1. The van der Waals surface area contributed by atoms with Crippen LogP contribution >= 0.6 is 0 Å². The molecule has 3 rings (SSSR count). The maximum absolute atomic E-state index is 10.7. The summed E-state index contributed by atoms with van der Waals surface area (Å²) in [6, 6.07) is 18.5. The molecule has 0 saturated carbocycles. The van der Waals surface area contributed by atoms with Gasteiger partial charge in [-0.05, 0) is 66.4 Å². The summed E-state index contributed by atoms with van der Waals surface area (Å²) in [6.07, 6.45) is 0. The van der Waals surface area contributed by atoms with E-state index in [0.29, 0.717) is 24.7 Å². The number of ether oxygens (including phenoxy) is 2. The van der Waals surface area contributed by atoms with Gasteiger partial charge in [0.15, 0.2) is 11.5 Å². The van der Waals surface area contributed by atoms with Gasteiger partial charge < -0.3 is 14.8 Å². The number of hydrogen-bond donors (Lipinski definition) is 1. The molecule has 150 valence electrons. The van der Waals surface area contributed by atoms with Crippen molar-refractivity contribution in [2.75, 3.05) is 12.4 Å². The first-order valence-electron chi connectivity index (χ1n) is 9.30. The molecule has 0 heterocycles. The molecule has 0 bridgehead atoms. The van der Waals surface area contributed by atoms with Crippen LogP contribution < -0.4 is 14.8 Å². The molecule has 3 aromatic carbocycles. The van der Waals surface area contributed by atoms with Gasteiger partial charge in [0.1, 0.15) is 6.61 Å². The molecule has 29 heavy (non-hydrogen) atoms. The minimum Gasteiger partial charge on any atom is -0.493 e. The summed E-state index contributed by atoms with van der Waals surface area (Å²) in [6.45, 7) is 5.12. The minimum absolute atomic E-state index is 0.0621. The summed E-state index contributed by atoms with van der Waals surface area (Å²) in [4.78, 5) is 10.3. The summed E-state index contributed by atoms with van der Waals surface area (Å²) >= 11 is 0. The lowest BCUT2D eigenvalue weighted by molar-refractivity contribution is -0.384. The van der Waals surface area contributed by atoms with Gasteiger partial charge in [0.2, 0.25) is 0 Å². The summed E-state index contributed by atoms with van der Waals surface area (Å²) in [5.41, 5.74) is 5.51. The molecule has 6 heteroatoms. The van der Waals surface area contributed by atoms with Crippen LogP contribution in [-0.4, -0.2) is 12.0 Å². The zero-order valence-corrected chi connectivity index (χ0v) is 16.8. The highest BCUT2D eigenvalue weighted by Gasteiger charge is 2.08. The number of anilines is 1. The van der Waals surface area contributed by atoms with E-state index in [1.807, 2.05) is 18.2 Å². The van der Waals surface area contributed by atoms with Gasteiger partial charge in [0, 0.05) is 24.4 Å². The summed E-state index contributed by atoms with van der Waals surface area (Å²) in [5.74, 6) is 1.27. The quantitative estimate of drug-likeness (QED) is 0.410. The summed E-state index contributed by atoms with van der Waals surface area (Å²) < 4.78 is 11.3. The fraction of sp³-hybridized carbons (Fsp3) is 0.217. The van der Waals surface area contributed by atoms with Crippen molar-refractivity contribution in [3.63, 3.8) is 0 Å². The van der Waals surface area contributed by atoms with Crippen LogP contribution in [0.5, 0.6) is 11.5 Å². The van der Waals surface area contributed by atoms with E-state index in [9.17, 15) is 10.1 Å². The molecule has 0 saturated heterocycles. The molecule has 1 N–H and O–H groups in total. The molecule has 0 aliphatic carbocycles. The predicted octanol–water partition coefficient (Wildman–Crippen LogP) is 5.41. The Morgan fingerprint density at radius 1 is 0.931 bits per heavy atom. The fourth-order valence-electron chi connectivity index (χ4n) is 2.94. The average molecular weight is 392 g/mol. The third kappa shape index (κ3) is 5.25. The van der Waals surface area contributed by atoms with Crippen molar-refractivity contribution < 1.29 is 14.4 Å². The molecule has 0 aliphatic heterocycles. The highest BCUT2D eigenvalue weighted by atomic mass is 16.6. The normalized spacial score (nSPS) is 10.4. The Labute approximate surface area is 170 Å². The Kier molecular flexibility index (Phi) is 6.34. The summed E-state index contributed by atoms with van der Waals surface area (Å²) in [5, 5.41) is 14.2. The number of aryl methyl sites for hydroxylation is 2. The molecule has 0 atom stereocenters. The largest absolute Gasteiger partial charge is 0.493 e. The van der Waals surface area contributed by atoms with E-state index < -0.39 is 4.92 Å². The van der Waals surface area contributed by atoms with E-state index in [2.05, 4.69) is 37.4 Å². The van der Waals surface area contributed by atoms with Crippen molar-refractivity contribution in [1.29, 1.82) is 0 Å². The van der Waals surface area contributed by atoms with Crippen LogP contribution in [-0.2, 0) is 13.2 Å². The lowest BCUT2D eigenvalue weighted by Crippen LogP contribution is -2.03. The first kappa shape index (κ1) is 20.2. The van der Waals surface area contributed by atoms with Gasteiger partial charge in [-0.15, -0.1) is 0 Å². The van der Waals surface area contributed by atoms with Crippen LogP contribution in [0.15, 0.2) is 60.7 Å². The third-order valence-electron chi connectivity index (χ3n) is 4.65. The standard InChI is InChI=1S/C23H24N2O4/c1-16-4-5-17(2)21(12-16)24-14-19-8-11-22(23(13-19)28-3)29-15-18-6-9-20(10-7-18)25(26)27/h4-13,24H,14-15H2,1-3H3. The van der Waals surface area contributed by atoms with Crippen LogP contribution in [0.3, 0.4) is 0 Å². The zero-order valence-electron chi connectivity index (χ0n) is 16.8. The van der Waals surface area contributed by atoms with Gasteiger partial charge in [-0.1, -0.05) is 18.2 Å². The number of nitro benzene ring substituents is 1. The first-order chi connectivity index (χ1) is 14.0. The lowest BCUT2D eigenvalue weighted by Gasteiger charge is -2.14. The maximum atomic E-state index is 10.7. The van der Waals surface area contributed by atoms with E-state index in [0.717, 1.165) is 16.8 Å². The molecular formula is C23H24N2O4. The number of rotatable bonds is 8. The Morgan fingerprint density at radius 3 is 2.34 bits per heavy atom. The van der Waals surface area contributed by atoms with E-state index in [-0.39, 0.29) is 5.69 Å². The van der Waals surface area contributed by atoms with E-state index in [4.69, 9.17) is 9.47 Å². The SMILES string of the molecule is COc1cc(CNc2cc(C)ccc2C)ccc1OCc1ccc([N+](=O)[O-])cc1. The molecule has 3 aromatic rings. The summed E-state index contributed by atoms with van der Waals surface area (Å²) in [7, 11) is 1.61. The molecule has 0 spiro atoms. The smallest absolute Gasteiger partial charge is 0.269 e. The van der Waals surface area contributed by atoms with Crippen molar-refractivity contribution >= 4 is 11.4 Å². The monoisotopic (exact) mass is 392 g/mol. The number of methoxy groups -OCH3 is 1. The van der Waals surface area contributed by atoms with Crippen LogP contribution in [0.1, 0.15) is 22.3 Å². The molecule has 0 radical (unpaired) electrons. The van der Waals surface area contributed by atoms with Crippen LogP contribution in [0, 0.1) is 24.0 Å². The number of nitrogens with zero attached hydrogens (tertiary/aromatic N) is 1. The van der Waals surface area contributed by atoms with E-state index in [1.165, 1.54) is 23.3 Å². The van der Waals surface area contributed by atoms with Gasteiger partial charge in [0.05, 0.1) is 12.0 Å². The van der Waals surface area contributed by atoms with Gasteiger partial charge in [-0.2, -0.15) is 0 Å². The number of hydrogen-bond acceptors (Lipinski definition) is 5. The van der Waals surface area contributed by atoms with Crippen LogP contribution in [0.25, 0.3) is 0 Å².